The number of hydrogen-bond acceptors (Lipinski definition) is 5. The minimum absolute atomic E-state index is 0.159. The van der Waals surface area contributed by atoms with Crippen molar-refractivity contribution in [3.63, 3.8) is 0 Å². The molecular formula is C37H27IN2O4. The fourth-order valence-corrected chi connectivity index (χ4v) is 8.20. The molecule has 1 fully saturated rings. The van der Waals surface area contributed by atoms with Gasteiger partial charge >= 0.3 is 0 Å². The zero-order valence-electron chi connectivity index (χ0n) is 23.8. The minimum Gasteiger partial charge on any atom is -0.493 e. The van der Waals surface area contributed by atoms with Crippen molar-refractivity contribution >= 4 is 51.4 Å². The highest BCUT2D eigenvalue weighted by molar-refractivity contribution is 14.1. The minimum atomic E-state index is -0.464. The maximum atomic E-state index is 13.9. The Morgan fingerprint density at radius 1 is 0.773 bits per heavy atom. The Balaban J connectivity index is 1.08. The van der Waals surface area contributed by atoms with Gasteiger partial charge in [0.15, 0.2) is 11.5 Å². The predicted molar refractivity (Wildman–Crippen MR) is 177 cm³/mol. The molecule has 2 bridgehead atoms. The van der Waals surface area contributed by atoms with Crippen LogP contribution in [0.5, 0.6) is 11.5 Å². The van der Waals surface area contributed by atoms with Crippen LogP contribution >= 0.6 is 22.6 Å². The number of amides is 2. The zero-order valence-corrected chi connectivity index (χ0v) is 26.0. The number of nitrogens with zero attached hydrogens (tertiary/aromatic N) is 2. The van der Waals surface area contributed by atoms with Gasteiger partial charge < -0.3 is 9.47 Å². The Bertz CT molecular complexity index is 1900. The molecule has 44 heavy (non-hydrogen) atoms. The van der Waals surface area contributed by atoms with Crippen molar-refractivity contribution in [1.29, 1.82) is 0 Å². The van der Waals surface area contributed by atoms with Gasteiger partial charge in [0.25, 0.3) is 11.8 Å². The van der Waals surface area contributed by atoms with E-state index in [0.717, 1.165) is 47.2 Å². The topological polar surface area (TPSA) is 68.2 Å². The lowest BCUT2D eigenvalue weighted by molar-refractivity contribution is -0.139. The number of ether oxygens (including phenoxy) is 2. The molecule has 6 nitrogen and oxygen atoms in total. The molecule has 5 aromatic rings. The molecule has 3 aliphatic carbocycles. The maximum Gasteiger partial charge on any atom is 0.254 e. The molecule has 0 radical (unpaired) electrons. The summed E-state index contributed by atoms with van der Waals surface area (Å²) in [5, 5.41) is 7.89. The fraction of sp³-hybridized carbons (Fsp3) is 0.162. The number of benzene rings is 5. The van der Waals surface area contributed by atoms with Crippen molar-refractivity contribution in [1.82, 2.24) is 5.01 Å². The van der Waals surface area contributed by atoms with Gasteiger partial charge in [0, 0.05) is 11.8 Å². The van der Waals surface area contributed by atoms with Crippen LogP contribution in [0.1, 0.15) is 45.2 Å². The van der Waals surface area contributed by atoms with Gasteiger partial charge in [-0.25, -0.2) is 0 Å². The first-order chi connectivity index (χ1) is 21.5. The summed E-state index contributed by atoms with van der Waals surface area (Å²) in [6.45, 7) is 0.383. The van der Waals surface area contributed by atoms with E-state index < -0.39 is 11.8 Å². The Kier molecular flexibility index (Phi) is 6.52. The molecular weight excluding hydrogens is 663 g/mol. The largest absolute Gasteiger partial charge is 0.493 e. The monoisotopic (exact) mass is 690 g/mol. The molecule has 2 amide bonds. The SMILES string of the molecule is COc1cc(/C=N\N2C(=O)[C@@H]3C4c5ccccc5C(c5ccccc54)[C@H]3C2=O)cc(I)c1OCc1cccc2ccccc12. The third-order valence-corrected chi connectivity index (χ3v) is 10.1. The lowest BCUT2D eigenvalue weighted by atomic mass is 9.55. The average Bonchev–Trinajstić information content (AvgIpc) is 3.32. The molecule has 1 aliphatic heterocycles. The van der Waals surface area contributed by atoms with Crippen LogP contribution in [-0.4, -0.2) is 30.1 Å². The number of halogens is 1. The van der Waals surface area contributed by atoms with Gasteiger partial charge in [-0.1, -0.05) is 91.0 Å². The highest BCUT2D eigenvalue weighted by Crippen LogP contribution is 2.61. The van der Waals surface area contributed by atoms with E-state index in [4.69, 9.17) is 9.47 Å². The van der Waals surface area contributed by atoms with E-state index in [9.17, 15) is 9.59 Å². The van der Waals surface area contributed by atoms with Crippen LogP contribution in [0.3, 0.4) is 0 Å². The summed E-state index contributed by atoms with van der Waals surface area (Å²) in [7, 11) is 1.60. The number of fused-ring (bicyclic) bond motifs is 1. The number of hydrazone groups is 1. The number of carbonyl (C=O) groups is 2. The van der Waals surface area contributed by atoms with Crippen LogP contribution in [0.15, 0.2) is 108 Å². The molecule has 0 N–H and O–H groups in total. The van der Waals surface area contributed by atoms with Crippen molar-refractivity contribution < 1.29 is 19.1 Å². The van der Waals surface area contributed by atoms with E-state index in [0.29, 0.717) is 23.7 Å². The summed E-state index contributed by atoms with van der Waals surface area (Å²) < 4.78 is 12.8. The number of rotatable bonds is 6. The molecule has 2 atom stereocenters. The first-order valence-electron chi connectivity index (χ1n) is 14.6. The quantitative estimate of drug-likeness (QED) is 0.107. The second kappa shape index (κ2) is 10.6. The first kappa shape index (κ1) is 27.1. The molecule has 7 heteroatoms. The molecule has 9 rings (SSSR count). The van der Waals surface area contributed by atoms with Crippen molar-refractivity contribution in [3.05, 3.63) is 140 Å². The maximum absolute atomic E-state index is 13.9. The summed E-state index contributed by atoms with van der Waals surface area (Å²) >= 11 is 2.22. The first-order valence-corrected chi connectivity index (χ1v) is 15.7. The average molecular weight is 691 g/mol. The molecule has 0 aromatic heterocycles. The Morgan fingerprint density at radius 3 is 1.95 bits per heavy atom. The standard InChI is InChI=1S/C37H27IN2O4/c1-43-30-18-21(17-29(38)35(30)44-20-23-11-8-10-22-9-2-3-12-24(22)23)19-39-40-36(41)33-31-25-13-4-5-14-26(25)32(34(33)37(40)42)28-16-7-6-15-27(28)31/h2-19,31-34H,20H2,1H3/b39-19-/t31?,32?,33-,34-/m1/s1. The van der Waals surface area contributed by atoms with Gasteiger partial charge in [-0.15, -0.1) is 0 Å². The molecule has 1 heterocycles. The molecule has 1 saturated heterocycles. The van der Waals surface area contributed by atoms with Crippen molar-refractivity contribution in [2.24, 2.45) is 16.9 Å². The van der Waals surface area contributed by atoms with E-state index >= 15 is 0 Å². The predicted octanol–water partition coefficient (Wildman–Crippen LogP) is 7.26. The van der Waals surface area contributed by atoms with Crippen LogP contribution in [0.25, 0.3) is 10.8 Å². The summed E-state index contributed by atoms with van der Waals surface area (Å²) in [5.74, 6) is -0.553. The highest BCUT2D eigenvalue weighted by atomic mass is 127. The van der Waals surface area contributed by atoms with Crippen LogP contribution in [0, 0.1) is 15.4 Å². The van der Waals surface area contributed by atoms with Crippen LogP contribution in [0.4, 0.5) is 0 Å². The lowest BCUT2D eigenvalue weighted by Crippen LogP contribution is -2.41. The van der Waals surface area contributed by atoms with Crippen molar-refractivity contribution in [3.8, 4) is 11.5 Å². The summed E-state index contributed by atoms with van der Waals surface area (Å²) in [6.07, 6.45) is 1.56. The number of methoxy groups -OCH3 is 1. The number of imide groups is 1. The van der Waals surface area contributed by atoms with Crippen LogP contribution in [-0.2, 0) is 16.2 Å². The fourth-order valence-electron chi connectivity index (χ4n) is 7.42. The van der Waals surface area contributed by atoms with E-state index in [1.807, 2.05) is 54.6 Å². The molecule has 4 aliphatic rings. The van der Waals surface area contributed by atoms with E-state index in [-0.39, 0.29) is 23.7 Å². The molecule has 0 unspecified atom stereocenters. The Morgan fingerprint density at radius 2 is 1.34 bits per heavy atom. The van der Waals surface area contributed by atoms with Crippen LogP contribution in [0.2, 0.25) is 0 Å². The van der Waals surface area contributed by atoms with E-state index in [1.54, 1.807) is 13.3 Å². The smallest absolute Gasteiger partial charge is 0.254 e. The van der Waals surface area contributed by atoms with Gasteiger partial charge in [-0.3, -0.25) is 9.59 Å². The normalized spacial score (nSPS) is 21.5. The molecule has 5 aromatic carbocycles. The summed E-state index contributed by atoms with van der Waals surface area (Å²) in [4.78, 5) is 27.8. The van der Waals surface area contributed by atoms with E-state index in [2.05, 4.69) is 76.2 Å². The van der Waals surface area contributed by atoms with Crippen LogP contribution < -0.4 is 9.47 Å². The Hall–Kier alpha value is -4.50. The zero-order chi connectivity index (χ0) is 29.9. The highest BCUT2D eigenvalue weighted by Gasteiger charge is 2.61. The number of carbonyl (C=O) groups excluding carboxylic acids is 2. The van der Waals surface area contributed by atoms with Gasteiger partial charge in [0.05, 0.1) is 28.7 Å². The third kappa shape index (κ3) is 4.09. The van der Waals surface area contributed by atoms with Gasteiger partial charge in [0.2, 0.25) is 0 Å². The Labute approximate surface area is 268 Å². The molecule has 0 saturated carbocycles. The lowest BCUT2D eigenvalue weighted by Gasteiger charge is -2.45. The molecule has 0 spiro atoms. The van der Waals surface area contributed by atoms with Gasteiger partial charge in [-0.05, 0) is 78.9 Å². The summed E-state index contributed by atoms with van der Waals surface area (Å²) in [6, 6.07) is 34.6. The van der Waals surface area contributed by atoms with Gasteiger partial charge in [0.1, 0.15) is 6.61 Å². The third-order valence-electron chi connectivity index (χ3n) is 9.25. The second-order valence-corrected chi connectivity index (χ2v) is 12.6. The van der Waals surface area contributed by atoms with Gasteiger partial charge in [-0.2, -0.15) is 10.1 Å². The van der Waals surface area contributed by atoms with Crippen molar-refractivity contribution in [2.45, 2.75) is 18.4 Å². The molecule has 216 valence electrons. The summed E-state index contributed by atoms with van der Waals surface area (Å²) in [5.41, 5.74) is 6.35. The van der Waals surface area contributed by atoms with E-state index in [1.165, 1.54) is 0 Å². The number of hydrogen-bond donors (Lipinski definition) is 0. The van der Waals surface area contributed by atoms with Crippen molar-refractivity contribution in [2.75, 3.05) is 7.11 Å². The second-order valence-electron chi connectivity index (χ2n) is 11.5.